The van der Waals surface area contributed by atoms with Crippen molar-refractivity contribution in [1.29, 1.82) is 0 Å². The fraction of sp³-hybridized carbons (Fsp3) is 1.00. The number of nitrogens with zero attached hydrogens (tertiary/aromatic N) is 1. The molecule has 0 unspecified atom stereocenters. The Labute approximate surface area is 106 Å². The quantitative estimate of drug-likeness (QED) is 0.765. The van der Waals surface area contributed by atoms with Crippen molar-refractivity contribution in [2.45, 2.75) is 51.3 Å². The van der Waals surface area contributed by atoms with Crippen LogP contribution >= 0.6 is 11.8 Å². The van der Waals surface area contributed by atoms with Crippen LogP contribution in [0, 0.1) is 0 Å². The summed E-state index contributed by atoms with van der Waals surface area (Å²) in [6, 6.07) is 0. The molecular weight excluding hydrogens is 216 g/mol. The lowest BCUT2D eigenvalue weighted by molar-refractivity contribution is 0.252. The van der Waals surface area contributed by atoms with E-state index < -0.39 is 0 Å². The van der Waals surface area contributed by atoms with Crippen molar-refractivity contribution < 1.29 is 0 Å². The molecule has 1 N–H and O–H groups in total. The van der Waals surface area contributed by atoms with Crippen LogP contribution in [0.5, 0.6) is 0 Å². The van der Waals surface area contributed by atoms with Gasteiger partial charge in [0.2, 0.25) is 0 Å². The van der Waals surface area contributed by atoms with Gasteiger partial charge in [-0.05, 0) is 54.1 Å². The molecule has 1 aliphatic heterocycles. The van der Waals surface area contributed by atoms with E-state index in [1.54, 1.807) is 0 Å². The molecule has 0 aromatic carbocycles. The summed E-state index contributed by atoms with van der Waals surface area (Å²) in [4.78, 5) is 2.61. The van der Waals surface area contributed by atoms with Gasteiger partial charge < -0.3 is 10.2 Å². The molecule has 1 heterocycles. The molecule has 16 heavy (non-hydrogen) atoms. The Morgan fingerprint density at radius 3 is 2.56 bits per heavy atom. The van der Waals surface area contributed by atoms with Crippen LogP contribution in [0.2, 0.25) is 0 Å². The van der Waals surface area contributed by atoms with Crippen LogP contribution in [-0.2, 0) is 0 Å². The van der Waals surface area contributed by atoms with Crippen LogP contribution in [0.1, 0.15) is 41.0 Å². The minimum absolute atomic E-state index is 0.261. The van der Waals surface area contributed by atoms with Crippen molar-refractivity contribution >= 4 is 11.8 Å². The molecule has 1 rings (SSSR count). The van der Waals surface area contributed by atoms with Gasteiger partial charge >= 0.3 is 0 Å². The molecule has 0 spiro atoms. The van der Waals surface area contributed by atoms with Gasteiger partial charge in [-0.2, -0.15) is 11.8 Å². The monoisotopic (exact) mass is 244 g/mol. The van der Waals surface area contributed by atoms with E-state index in [1.807, 2.05) is 0 Å². The van der Waals surface area contributed by atoms with E-state index in [0.717, 1.165) is 6.54 Å². The molecular formula is C13H28N2S. The van der Waals surface area contributed by atoms with Crippen molar-refractivity contribution in [3.63, 3.8) is 0 Å². The largest absolute Gasteiger partial charge is 0.312 e. The molecule has 0 amide bonds. The average molecular weight is 244 g/mol. The van der Waals surface area contributed by atoms with Gasteiger partial charge in [-0.15, -0.1) is 0 Å². The summed E-state index contributed by atoms with van der Waals surface area (Å²) in [5.41, 5.74) is 0.261. The molecule has 0 aromatic heterocycles. The highest BCUT2D eigenvalue weighted by Crippen LogP contribution is 2.29. The second-order valence-electron chi connectivity index (χ2n) is 6.41. The van der Waals surface area contributed by atoms with Crippen molar-refractivity contribution in [3.05, 3.63) is 0 Å². The van der Waals surface area contributed by atoms with E-state index in [2.05, 4.69) is 56.6 Å². The summed E-state index contributed by atoms with van der Waals surface area (Å²) in [6.07, 6.45) is 1.26. The lowest BCUT2D eigenvalue weighted by Gasteiger charge is -2.37. The van der Waals surface area contributed by atoms with Crippen molar-refractivity contribution in [1.82, 2.24) is 10.2 Å². The van der Waals surface area contributed by atoms with Gasteiger partial charge in [0.25, 0.3) is 0 Å². The molecule has 1 fully saturated rings. The maximum atomic E-state index is 3.55. The summed E-state index contributed by atoms with van der Waals surface area (Å²) in [6.45, 7) is 16.3. The highest BCUT2D eigenvalue weighted by Gasteiger charge is 2.26. The Balaban J connectivity index is 2.13. The lowest BCUT2D eigenvalue weighted by atomic mass is 10.1. The summed E-state index contributed by atoms with van der Waals surface area (Å²) in [5.74, 6) is 1.29. The van der Waals surface area contributed by atoms with Gasteiger partial charge in [-0.3, -0.25) is 0 Å². The lowest BCUT2D eigenvalue weighted by Crippen LogP contribution is -2.44. The summed E-state index contributed by atoms with van der Waals surface area (Å²) < 4.78 is 0.454. The average Bonchev–Trinajstić information content (AvgIpc) is 2.09. The van der Waals surface area contributed by atoms with E-state index in [0.29, 0.717) is 4.75 Å². The third kappa shape index (κ3) is 6.12. The first-order valence-electron chi connectivity index (χ1n) is 6.40. The van der Waals surface area contributed by atoms with E-state index in [9.17, 15) is 0 Å². The molecule has 0 radical (unpaired) electrons. The first kappa shape index (κ1) is 14.3. The molecule has 0 aromatic rings. The highest BCUT2D eigenvalue weighted by molar-refractivity contribution is 8.00. The Morgan fingerprint density at radius 1 is 1.31 bits per heavy atom. The first-order valence-corrected chi connectivity index (χ1v) is 7.38. The molecule has 2 nitrogen and oxygen atoms in total. The highest BCUT2D eigenvalue weighted by atomic mass is 32.2. The number of thioether (sulfide) groups is 1. The van der Waals surface area contributed by atoms with Gasteiger partial charge in [-0.1, -0.05) is 0 Å². The van der Waals surface area contributed by atoms with Crippen molar-refractivity contribution in [2.75, 3.05) is 31.9 Å². The third-order valence-electron chi connectivity index (χ3n) is 2.81. The SMILES string of the molecule is CC(C)(C)NCCCN1CCSC(C)(C)C1. The molecule has 3 heteroatoms. The van der Waals surface area contributed by atoms with E-state index in [1.165, 1.54) is 31.8 Å². The van der Waals surface area contributed by atoms with Gasteiger partial charge in [0.15, 0.2) is 0 Å². The molecule has 1 aliphatic rings. The summed E-state index contributed by atoms with van der Waals surface area (Å²) >= 11 is 2.11. The summed E-state index contributed by atoms with van der Waals surface area (Å²) in [7, 11) is 0. The van der Waals surface area contributed by atoms with Crippen LogP contribution in [0.3, 0.4) is 0 Å². The molecule has 0 atom stereocenters. The Kier molecular flexibility index (Phi) is 5.14. The molecule has 96 valence electrons. The smallest absolute Gasteiger partial charge is 0.0231 e. The molecule has 0 saturated carbocycles. The maximum Gasteiger partial charge on any atom is 0.0231 e. The normalized spacial score (nSPS) is 22.3. The van der Waals surface area contributed by atoms with Gasteiger partial charge in [0, 0.05) is 29.1 Å². The van der Waals surface area contributed by atoms with Crippen molar-refractivity contribution in [2.24, 2.45) is 0 Å². The summed E-state index contributed by atoms with van der Waals surface area (Å²) in [5, 5.41) is 3.55. The van der Waals surface area contributed by atoms with Crippen LogP contribution in [0.4, 0.5) is 0 Å². The van der Waals surface area contributed by atoms with Crippen molar-refractivity contribution in [3.8, 4) is 0 Å². The fourth-order valence-electron chi connectivity index (χ4n) is 2.07. The number of hydrogen-bond donors (Lipinski definition) is 1. The molecule has 0 aliphatic carbocycles. The molecule has 0 bridgehead atoms. The van der Waals surface area contributed by atoms with Gasteiger partial charge in [0.1, 0.15) is 0 Å². The third-order valence-corrected chi connectivity index (χ3v) is 4.11. The van der Waals surface area contributed by atoms with E-state index in [-0.39, 0.29) is 5.54 Å². The van der Waals surface area contributed by atoms with Gasteiger partial charge in [0.05, 0.1) is 0 Å². The van der Waals surface area contributed by atoms with E-state index in [4.69, 9.17) is 0 Å². The predicted octanol–water partition coefficient (Wildman–Crippen LogP) is 2.59. The zero-order valence-electron chi connectivity index (χ0n) is 11.6. The second-order valence-corrected chi connectivity index (χ2v) is 8.22. The Bertz CT molecular complexity index is 208. The number of nitrogens with one attached hydrogen (secondary N) is 1. The topological polar surface area (TPSA) is 15.3 Å². The fourth-order valence-corrected chi connectivity index (χ4v) is 3.25. The van der Waals surface area contributed by atoms with Crippen LogP contribution in [-0.4, -0.2) is 47.1 Å². The Morgan fingerprint density at radius 2 is 2.00 bits per heavy atom. The number of hydrogen-bond acceptors (Lipinski definition) is 3. The van der Waals surface area contributed by atoms with Crippen LogP contribution in [0.15, 0.2) is 0 Å². The zero-order chi connectivity index (χ0) is 12.2. The Hall–Kier alpha value is 0.270. The second kappa shape index (κ2) is 5.74. The van der Waals surface area contributed by atoms with Gasteiger partial charge in [-0.25, -0.2) is 0 Å². The van der Waals surface area contributed by atoms with Crippen LogP contribution < -0.4 is 5.32 Å². The predicted molar refractivity (Wildman–Crippen MR) is 75.3 cm³/mol. The minimum Gasteiger partial charge on any atom is -0.312 e. The zero-order valence-corrected chi connectivity index (χ0v) is 12.4. The standard InChI is InChI=1S/C13H28N2S/c1-12(2,3)14-7-6-8-15-9-10-16-13(4,5)11-15/h14H,6-11H2,1-5H3. The van der Waals surface area contributed by atoms with Crippen LogP contribution in [0.25, 0.3) is 0 Å². The maximum absolute atomic E-state index is 3.55. The first-order chi connectivity index (χ1) is 7.29. The minimum atomic E-state index is 0.261. The van der Waals surface area contributed by atoms with E-state index >= 15 is 0 Å². The molecule has 1 saturated heterocycles. The number of rotatable bonds is 4.